The number of fused-ring (bicyclic) bond motifs is 6. The molecule has 0 fully saturated rings. The fourth-order valence-electron chi connectivity index (χ4n) is 8.82. The zero-order chi connectivity index (χ0) is 41.0. The number of benzene rings is 9. The molecule has 3 aromatic heterocycles. The molecule has 0 saturated carbocycles. The van der Waals surface area contributed by atoms with Crippen LogP contribution in [0.3, 0.4) is 0 Å². The Kier molecular flexibility index (Phi) is 8.42. The fourth-order valence-corrected chi connectivity index (χ4v) is 8.82. The van der Waals surface area contributed by atoms with E-state index in [2.05, 4.69) is 162 Å². The Labute approximate surface area is 357 Å². The van der Waals surface area contributed by atoms with E-state index in [1.54, 1.807) is 0 Å². The lowest BCUT2D eigenvalue weighted by Gasteiger charge is -2.13. The van der Waals surface area contributed by atoms with Crippen LogP contribution in [-0.2, 0) is 0 Å². The maximum absolute atomic E-state index is 7.08. The van der Waals surface area contributed by atoms with Gasteiger partial charge in [0.05, 0.1) is 16.7 Å². The van der Waals surface area contributed by atoms with E-state index in [1.807, 2.05) is 60.7 Å². The molecule has 0 aliphatic carbocycles. The van der Waals surface area contributed by atoms with Gasteiger partial charge in [-0.05, 0) is 81.9 Å². The first kappa shape index (κ1) is 35.5. The molecule has 0 unspecified atom stereocenters. The number of rotatable bonds is 7. The number of hydrogen-bond acceptors (Lipinski definition) is 4. The molecule has 290 valence electrons. The second-order valence-corrected chi connectivity index (χ2v) is 15.6. The van der Waals surface area contributed by atoms with Crippen LogP contribution in [0, 0.1) is 0 Å². The number of aromatic nitrogens is 4. The molecule has 0 atom stereocenters. The number of furan rings is 1. The molecule has 0 spiro atoms. The monoisotopic (exact) mass is 792 g/mol. The minimum atomic E-state index is 0.579. The molecule has 12 aromatic rings. The normalized spacial score (nSPS) is 11.5. The van der Waals surface area contributed by atoms with Crippen molar-refractivity contribution in [3.63, 3.8) is 0 Å². The third kappa shape index (κ3) is 6.14. The summed E-state index contributed by atoms with van der Waals surface area (Å²) in [7, 11) is 0. The summed E-state index contributed by atoms with van der Waals surface area (Å²) in [5.41, 5.74) is 14.4. The molecule has 0 aliphatic heterocycles. The van der Waals surface area contributed by atoms with Crippen molar-refractivity contribution in [2.24, 2.45) is 0 Å². The van der Waals surface area contributed by atoms with Crippen LogP contribution < -0.4 is 0 Å². The first-order valence-corrected chi connectivity index (χ1v) is 20.8. The Hall–Kier alpha value is -8.41. The molecule has 9 aromatic carbocycles. The Morgan fingerprint density at radius 3 is 1.42 bits per heavy atom. The maximum atomic E-state index is 7.08. The van der Waals surface area contributed by atoms with Crippen LogP contribution in [0.15, 0.2) is 223 Å². The van der Waals surface area contributed by atoms with Gasteiger partial charge in [-0.2, -0.15) is 0 Å². The first-order valence-electron chi connectivity index (χ1n) is 20.8. The third-order valence-corrected chi connectivity index (χ3v) is 11.8. The molecule has 0 amide bonds. The zero-order valence-electron chi connectivity index (χ0n) is 33.5. The summed E-state index contributed by atoms with van der Waals surface area (Å²) in [6.45, 7) is 0. The Morgan fingerprint density at radius 1 is 0.290 bits per heavy atom. The summed E-state index contributed by atoms with van der Waals surface area (Å²) in [6.07, 6.45) is 0. The molecule has 5 nitrogen and oxygen atoms in total. The highest BCUT2D eigenvalue weighted by Gasteiger charge is 2.21. The summed E-state index contributed by atoms with van der Waals surface area (Å²) in [5, 5.41) is 4.41. The van der Waals surface area contributed by atoms with Crippen LogP contribution in [0.5, 0.6) is 0 Å². The van der Waals surface area contributed by atoms with Gasteiger partial charge >= 0.3 is 0 Å². The minimum absolute atomic E-state index is 0.579. The molecule has 0 aliphatic rings. The SMILES string of the molecule is c1ccc(-c2cccc(-c3cc(-n4c5ccccc5c5cc(-c6ccccc6)ccc54)c4oc5cc(-c6nc(-c7ccccc7)nc(-c7ccccc7)n6)ccc5c4c3)c2)cc1. The largest absolute Gasteiger partial charge is 0.454 e. The van der Waals surface area contributed by atoms with Crippen molar-refractivity contribution in [2.75, 3.05) is 0 Å². The van der Waals surface area contributed by atoms with E-state index >= 15 is 0 Å². The molecule has 62 heavy (non-hydrogen) atoms. The maximum Gasteiger partial charge on any atom is 0.164 e. The van der Waals surface area contributed by atoms with Crippen molar-refractivity contribution in [1.29, 1.82) is 0 Å². The summed E-state index contributed by atoms with van der Waals surface area (Å²) < 4.78 is 9.46. The number of hydrogen-bond donors (Lipinski definition) is 0. The minimum Gasteiger partial charge on any atom is -0.454 e. The average Bonchev–Trinajstić information content (AvgIpc) is 3.90. The van der Waals surface area contributed by atoms with Gasteiger partial charge in [-0.25, -0.2) is 15.0 Å². The fraction of sp³-hybridized carbons (Fsp3) is 0. The van der Waals surface area contributed by atoms with Crippen LogP contribution >= 0.6 is 0 Å². The molecule has 0 radical (unpaired) electrons. The highest BCUT2D eigenvalue weighted by atomic mass is 16.3. The van der Waals surface area contributed by atoms with Crippen molar-refractivity contribution < 1.29 is 4.42 Å². The van der Waals surface area contributed by atoms with E-state index in [0.717, 1.165) is 66.5 Å². The highest BCUT2D eigenvalue weighted by molar-refractivity contribution is 6.14. The topological polar surface area (TPSA) is 56.7 Å². The molecule has 0 bridgehead atoms. The van der Waals surface area contributed by atoms with Gasteiger partial charge < -0.3 is 8.98 Å². The summed E-state index contributed by atoms with van der Waals surface area (Å²) >= 11 is 0. The lowest BCUT2D eigenvalue weighted by Crippen LogP contribution is -2.00. The Bertz CT molecular complexity index is 3560. The van der Waals surface area contributed by atoms with Crippen LogP contribution in [-0.4, -0.2) is 19.5 Å². The number of para-hydroxylation sites is 1. The van der Waals surface area contributed by atoms with Crippen LogP contribution in [0.4, 0.5) is 0 Å². The average molecular weight is 793 g/mol. The lowest BCUT2D eigenvalue weighted by molar-refractivity contribution is 0.666. The van der Waals surface area contributed by atoms with Crippen LogP contribution in [0.1, 0.15) is 0 Å². The molecule has 3 heterocycles. The van der Waals surface area contributed by atoms with Gasteiger partial charge in [-0.3, -0.25) is 0 Å². The quantitative estimate of drug-likeness (QED) is 0.161. The highest BCUT2D eigenvalue weighted by Crippen LogP contribution is 2.43. The zero-order valence-corrected chi connectivity index (χ0v) is 33.5. The van der Waals surface area contributed by atoms with E-state index in [1.165, 1.54) is 33.0 Å². The van der Waals surface area contributed by atoms with Crippen LogP contribution in [0.2, 0.25) is 0 Å². The Morgan fingerprint density at radius 2 is 0.774 bits per heavy atom. The van der Waals surface area contributed by atoms with Gasteiger partial charge in [0.15, 0.2) is 23.1 Å². The molecular weight excluding hydrogens is 757 g/mol. The number of nitrogens with zero attached hydrogens (tertiary/aromatic N) is 4. The first-order chi connectivity index (χ1) is 30.7. The molecule has 5 heteroatoms. The van der Waals surface area contributed by atoms with E-state index < -0.39 is 0 Å². The van der Waals surface area contributed by atoms with Crippen molar-refractivity contribution in [2.45, 2.75) is 0 Å². The lowest BCUT2D eigenvalue weighted by atomic mass is 9.97. The van der Waals surface area contributed by atoms with E-state index in [-0.39, 0.29) is 0 Å². The predicted molar refractivity (Wildman–Crippen MR) is 254 cm³/mol. The second kappa shape index (κ2) is 14.7. The summed E-state index contributed by atoms with van der Waals surface area (Å²) in [5.74, 6) is 1.81. The van der Waals surface area contributed by atoms with Gasteiger partial charge in [-0.1, -0.05) is 170 Å². The van der Waals surface area contributed by atoms with Crippen molar-refractivity contribution >= 4 is 43.7 Å². The van der Waals surface area contributed by atoms with Gasteiger partial charge in [0.1, 0.15) is 5.58 Å². The van der Waals surface area contributed by atoms with E-state index in [4.69, 9.17) is 19.4 Å². The van der Waals surface area contributed by atoms with E-state index in [0.29, 0.717) is 17.5 Å². The summed E-state index contributed by atoms with van der Waals surface area (Å²) in [4.78, 5) is 15.0. The van der Waals surface area contributed by atoms with Crippen molar-refractivity contribution in [3.8, 4) is 73.2 Å². The Balaban J connectivity index is 1.10. The molecule has 0 saturated heterocycles. The van der Waals surface area contributed by atoms with Gasteiger partial charge in [0.25, 0.3) is 0 Å². The molecule has 0 N–H and O–H groups in total. The smallest absolute Gasteiger partial charge is 0.164 e. The van der Waals surface area contributed by atoms with E-state index in [9.17, 15) is 0 Å². The van der Waals surface area contributed by atoms with Crippen molar-refractivity contribution in [3.05, 3.63) is 218 Å². The molecule has 12 rings (SSSR count). The third-order valence-electron chi connectivity index (χ3n) is 11.8. The van der Waals surface area contributed by atoms with Gasteiger partial charge in [0, 0.05) is 38.2 Å². The van der Waals surface area contributed by atoms with Gasteiger partial charge in [-0.15, -0.1) is 0 Å². The van der Waals surface area contributed by atoms with Gasteiger partial charge in [0.2, 0.25) is 0 Å². The van der Waals surface area contributed by atoms with Crippen molar-refractivity contribution in [1.82, 2.24) is 19.5 Å². The second-order valence-electron chi connectivity index (χ2n) is 15.6. The predicted octanol–water partition coefficient (Wildman–Crippen LogP) is 14.9. The molecular formula is C57H36N4O. The summed E-state index contributed by atoms with van der Waals surface area (Å²) in [6, 6.07) is 76.5. The standard InChI is InChI=1S/C57H36N4O/c1-5-16-37(17-6-1)41-24-15-25-42(32-41)45-34-49-47-30-28-44(57-59-55(39-20-9-3-10-21-39)58-56(60-57)40-22-11-4-12-23-40)36-53(47)62-54(49)52(35-45)61-50-27-14-13-26-46(50)48-33-43(29-31-51(48)61)38-18-7-2-8-19-38/h1-36H. The van der Waals surface area contributed by atoms with Crippen LogP contribution in [0.25, 0.3) is 117 Å².